The van der Waals surface area contributed by atoms with Gasteiger partial charge in [0.15, 0.2) is 0 Å². The van der Waals surface area contributed by atoms with Gasteiger partial charge in [0.25, 0.3) is 0 Å². The Morgan fingerprint density at radius 1 is 1.12 bits per heavy atom. The average molecular weight is 227 g/mol. The van der Waals surface area contributed by atoms with Gasteiger partial charge in [0, 0.05) is 6.07 Å². The summed E-state index contributed by atoms with van der Waals surface area (Å²) in [6.07, 6.45) is 1.68. The monoisotopic (exact) mass is 227 g/mol. The van der Waals surface area contributed by atoms with Gasteiger partial charge in [0.05, 0.1) is 22.4 Å². The highest BCUT2D eigenvalue weighted by atomic mass is 19.1. The molecule has 0 aliphatic heterocycles. The molecule has 1 aromatic heterocycles. The maximum Gasteiger partial charge on any atom is 0.148 e. The zero-order valence-electron chi connectivity index (χ0n) is 8.97. The number of fused-ring (bicyclic) bond motifs is 1. The number of anilines is 1. The first-order chi connectivity index (χ1) is 8.25. The standard InChI is InChI=1S/C13H10FN3/c14-10-7-9(5-6-11(10)15)17-8-16-12-3-1-2-4-13(12)17/h1-8H,15H2. The van der Waals surface area contributed by atoms with Crippen LogP contribution in [0.4, 0.5) is 10.1 Å². The number of nitrogen functional groups attached to an aromatic ring is 1. The minimum absolute atomic E-state index is 0.151. The summed E-state index contributed by atoms with van der Waals surface area (Å²) >= 11 is 0. The van der Waals surface area contributed by atoms with Gasteiger partial charge in [-0.05, 0) is 24.3 Å². The highest BCUT2D eigenvalue weighted by Crippen LogP contribution is 2.20. The van der Waals surface area contributed by atoms with Gasteiger partial charge < -0.3 is 5.73 Å². The van der Waals surface area contributed by atoms with Crippen molar-refractivity contribution in [1.29, 1.82) is 0 Å². The molecule has 84 valence electrons. The van der Waals surface area contributed by atoms with Crippen LogP contribution in [0.15, 0.2) is 48.8 Å². The van der Waals surface area contributed by atoms with E-state index in [4.69, 9.17) is 5.73 Å². The van der Waals surface area contributed by atoms with E-state index in [1.54, 1.807) is 18.5 Å². The maximum atomic E-state index is 13.4. The third-order valence-corrected chi connectivity index (χ3v) is 2.72. The second-order valence-corrected chi connectivity index (χ2v) is 3.81. The Hall–Kier alpha value is -2.36. The quantitative estimate of drug-likeness (QED) is 0.649. The molecule has 3 nitrogen and oxygen atoms in total. The Labute approximate surface area is 97.3 Å². The van der Waals surface area contributed by atoms with Crippen LogP contribution in [0.5, 0.6) is 0 Å². The fraction of sp³-hybridized carbons (Fsp3) is 0. The number of para-hydroxylation sites is 2. The number of nitrogens with two attached hydrogens (primary N) is 1. The summed E-state index contributed by atoms with van der Waals surface area (Å²) in [5, 5.41) is 0. The number of benzene rings is 2. The van der Waals surface area contributed by atoms with E-state index in [1.165, 1.54) is 6.07 Å². The molecule has 2 N–H and O–H groups in total. The van der Waals surface area contributed by atoms with Crippen molar-refractivity contribution >= 4 is 16.7 Å². The number of hydrogen-bond acceptors (Lipinski definition) is 2. The first kappa shape index (κ1) is 9.84. The predicted octanol–water partition coefficient (Wildman–Crippen LogP) is 2.75. The molecule has 0 bridgehead atoms. The van der Waals surface area contributed by atoms with Crippen molar-refractivity contribution in [2.75, 3.05) is 5.73 Å². The van der Waals surface area contributed by atoms with Gasteiger partial charge >= 0.3 is 0 Å². The van der Waals surface area contributed by atoms with Crippen LogP contribution in [-0.2, 0) is 0 Å². The molecule has 17 heavy (non-hydrogen) atoms. The van der Waals surface area contributed by atoms with Gasteiger partial charge in [0.2, 0.25) is 0 Å². The molecule has 3 rings (SSSR count). The van der Waals surface area contributed by atoms with E-state index in [0.717, 1.165) is 11.0 Å². The molecule has 3 aromatic rings. The minimum atomic E-state index is -0.416. The highest BCUT2D eigenvalue weighted by molar-refractivity contribution is 5.77. The van der Waals surface area contributed by atoms with Crippen molar-refractivity contribution in [3.05, 3.63) is 54.6 Å². The van der Waals surface area contributed by atoms with E-state index < -0.39 is 5.82 Å². The lowest BCUT2D eigenvalue weighted by atomic mass is 10.2. The molecule has 0 saturated heterocycles. The molecular weight excluding hydrogens is 217 g/mol. The van der Waals surface area contributed by atoms with Crippen LogP contribution in [0.2, 0.25) is 0 Å². The van der Waals surface area contributed by atoms with Gasteiger partial charge in [-0.15, -0.1) is 0 Å². The SMILES string of the molecule is Nc1ccc(-n2cnc3ccccc32)cc1F. The first-order valence-corrected chi connectivity index (χ1v) is 5.23. The van der Waals surface area contributed by atoms with Crippen LogP contribution in [-0.4, -0.2) is 9.55 Å². The third kappa shape index (κ3) is 1.54. The van der Waals surface area contributed by atoms with Crippen molar-refractivity contribution in [2.24, 2.45) is 0 Å². The number of halogens is 1. The lowest BCUT2D eigenvalue weighted by Crippen LogP contribution is -1.96. The van der Waals surface area contributed by atoms with Crippen LogP contribution >= 0.6 is 0 Å². The van der Waals surface area contributed by atoms with E-state index in [9.17, 15) is 4.39 Å². The number of imidazole rings is 1. The zero-order valence-corrected chi connectivity index (χ0v) is 8.97. The summed E-state index contributed by atoms with van der Waals surface area (Å²) < 4.78 is 15.2. The van der Waals surface area contributed by atoms with Gasteiger partial charge in [-0.3, -0.25) is 4.57 Å². The maximum absolute atomic E-state index is 13.4. The Bertz CT molecular complexity index is 688. The van der Waals surface area contributed by atoms with Crippen LogP contribution in [0.3, 0.4) is 0 Å². The Kier molecular flexibility index (Phi) is 2.08. The van der Waals surface area contributed by atoms with Crippen LogP contribution in [0.25, 0.3) is 16.7 Å². The number of rotatable bonds is 1. The van der Waals surface area contributed by atoms with Crippen LogP contribution in [0, 0.1) is 5.82 Å². The van der Waals surface area contributed by atoms with Gasteiger partial charge in [0.1, 0.15) is 12.1 Å². The summed E-state index contributed by atoms with van der Waals surface area (Å²) in [7, 11) is 0. The largest absolute Gasteiger partial charge is 0.396 e. The first-order valence-electron chi connectivity index (χ1n) is 5.23. The van der Waals surface area contributed by atoms with Crippen molar-refractivity contribution in [3.63, 3.8) is 0 Å². The topological polar surface area (TPSA) is 43.8 Å². The molecule has 4 heteroatoms. The molecule has 0 unspecified atom stereocenters. The average Bonchev–Trinajstić information content (AvgIpc) is 2.76. The van der Waals surface area contributed by atoms with E-state index in [2.05, 4.69) is 4.98 Å². The number of aromatic nitrogens is 2. The van der Waals surface area contributed by atoms with Crippen molar-refractivity contribution in [3.8, 4) is 5.69 Å². The second kappa shape index (κ2) is 3.59. The normalized spacial score (nSPS) is 10.9. The van der Waals surface area contributed by atoms with E-state index in [-0.39, 0.29) is 5.69 Å². The van der Waals surface area contributed by atoms with Gasteiger partial charge in [-0.2, -0.15) is 0 Å². The smallest absolute Gasteiger partial charge is 0.148 e. The fourth-order valence-electron chi connectivity index (χ4n) is 1.83. The van der Waals surface area contributed by atoms with Crippen molar-refractivity contribution in [1.82, 2.24) is 9.55 Å². The highest BCUT2D eigenvalue weighted by Gasteiger charge is 2.05. The number of hydrogen-bond donors (Lipinski definition) is 1. The molecule has 0 aliphatic rings. The van der Waals surface area contributed by atoms with Gasteiger partial charge in [-0.25, -0.2) is 9.37 Å². The van der Waals surface area contributed by atoms with E-state index in [0.29, 0.717) is 5.69 Å². The molecule has 0 aliphatic carbocycles. The fourth-order valence-corrected chi connectivity index (χ4v) is 1.83. The predicted molar refractivity (Wildman–Crippen MR) is 65.4 cm³/mol. The second-order valence-electron chi connectivity index (χ2n) is 3.81. The van der Waals surface area contributed by atoms with E-state index >= 15 is 0 Å². The lowest BCUT2D eigenvalue weighted by molar-refractivity contribution is 0.631. The molecule has 0 amide bonds. The van der Waals surface area contributed by atoms with E-state index in [1.807, 2.05) is 28.8 Å². The Balaban J connectivity index is 2.24. The molecule has 1 heterocycles. The molecular formula is C13H10FN3. The van der Waals surface area contributed by atoms with Crippen LogP contribution in [0.1, 0.15) is 0 Å². The summed E-state index contributed by atoms with van der Waals surface area (Å²) in [6, 6.07) is 12.4. The Morgan fingerprint density at radius 3 is 2.76 bits per heavy atom. The molecule has 0 fully saturated rings. The molecule has 2 aromatic carbocycles. The molecule has 0 atom stereocenters. The Morgan fingerprint density at radius 2 is 1.94 bits per heavy atom. The number of nitrogens with zero attached hydrogens (tertiary/aromatic N) is 2. The molecule has 0 saturated carbocycles. The lowest BCUT2D eigenvalue weighted by Gasteiger charge is -2.05. The summed E-state index contributed by atoms with van der Waals surface area (Å²) in [6.45, 7) is 0. The van der Waals surface area contributed by atoms with Crippen LogP contribution < -0.4 is 5.73 Å². The minimum Gasteiger partial charge on any atom is -0.396 e. The summed E-state index contributed by atoms with van der Waals surface area (Å²) in [5.41, 5.74) is 8.14. The van der Waals surface area contributed by atoms with Crippen molar-refractivity contribution in [2.45, 2.75) is 0 Å². The summed E-state index contributed by atoms with van der Waals surface area (Å²) in [4.78, 5) is 4.26. The van der Waals surface area contributed by atoms with Crippen molar-refractivity contribution < 1.29 is 4.39 Å². The molecule has 0 spiro atoms. The van der Waals surface area contributed by atoms with Gasteiger partial charge in [-0.1, -0.05) is 12.1 Å². The third-order valence-electron chi connectivity index (χ3n) is 2.72. The summed E-state index contributed by atoms with van der Waals surface area (Å²) in [5.74, 6) is -0.416. The zero-order chi connectivity index (χ0) is 11.8. The molecule has 0 radical (unpaired) electrons.